The van der Waals surface area contributed by atoms with E-state index in [-0.39, 0.29) is 24.7 Å². The van der Waals surface area contributed by atoms with Gasteiger partial charge < -0.3 is 25.1 Å². The SMILES string of the molecule is CO[C@@H]([C@@H]1CCCN1)[C@@H](C)C(=O)N[C@@H](Cc1c[nH]c2ccccc12)C(=O)OCc1ccccc1. The molecule has 1 fully saturated rings. The molecular formula is C27H33N3O4. The zero-order valence-electron chi connectivity index (χ0n) is 19.8. The van der Waals surface area contributed by atoms with Crippen LogP contribution in [0.15, 0.2) is 60.8 Å². The highest BCUT2D eigenvalue weighted by Crippen LogP contribution is 2.22. The Hall–Kier alpha value is -3.16. The number of hydrogen-bond acceptors (Lipinski definition) is 5. The number of nitrogens with one attached hydrogen (secondary N) is 3. The first-order chi connectivity index (χ1) is 16.6. The minimum Gasteiger partial charge on any atom is -0.459 e. The summed E-state index contributed by atoms with van der Waals surface area (Å²) in [7, 11) is 1.63. The molecule has 34 heavy (non-hydrogen) atoms. The van der Waals surface area contributed by atoms with E-state index in [1.807, 2.05) is 67.7 Å². The van der Waals surface area contributed by atoms with Crippen molar-refractivity contribution in [2.45, 2.75) is 51.0 Å². The number of esters is 1. The Kier molecular flexibility index (Phi) is 7.98. The van der Waals surface area contributed by atoms with Gasteiger partial charge in [-0.15, -0.1) is 0 Å². The molecule has 4 rings (SSSR count). The van der Waals surface area contributed by atoms with E-state index in [0.717, 1.165) is 41.4 Å². The highest BCUT2D eigenvalue weighted by atomic mass is 16.5. The van der Waals surface area contributed by atoms with Gasteiger partial charge in [0.25, 0.3) is 0 Å². The molecule has 7 nitrogen and oxygen atoms in total. The highest BCUT2D eigenvalue weighted by Gasteiger charge is 2.35. The van der Waals surface area contributed by atoms with Crippen molar-refractivity contribution >= 4 is 22.8 Å². The number of ether oxygens (including phenoxy) is 2. The van der Waals surface area contributed by atoms with Crippen LogP contribution in [0.5, 0.6) is 0 Å². The maximum Gasteiger partial charge on any atom is 0.329 e. The molecule has 0 aliphatic carbocycles. The van der Waals surface area contributed by atoms with Crippen LogP contribution in [-0.2, 0) is 32.1 Å². The van der Waals surface area contributed by atoms with E-state index in [2.05, 4.69) is 15.6 Å². The van der Waals surface area contributed by atoms with Gasteiger partial charge in [-0.2, -0.15) is 0 Å². The molecule has 7 heteroatoms. The topological polar surface area (TPSA) is 92.5 Å². The smallest absolute Gasteiger partial charge is 0.329 e. The molecule has 0 bridgehead atoms. The molecule has 1 aliphatic rings. The fourth-order valence-electron chi connectivity index (χ4n) is 4.70. The number of aromatic amines is 1. The van der Waals surface area contributed by atoms with Crippen molar-refractivity contribution in [3.63, 3.8) is 0 Å². The van der Waals surface area contributed by atoms with Gasteiger partial charge in [0.15, 0.2) is 0 Å². The van der Waals surface area contributed by atoms with Crippen LogP contribution < -0.4 is 10.6 Å². The lowest BCUT2D eigenvalue weighted by Gasteiger charge is -2.28. The minimum absolute atomic E-state index is 0.128. The average Bonchev–Trinajstić information content (AvgIpc) is 3.54. The number of benzene rings is 2. The van der Waals surface area contributed by atoms with Crippen molar-refractivity contribution in [1.29, 1.82) is 0 Å². The number of fused-ring (bicyclic) bond motifs is 1. The number of hydrogen-bond donors (Lipinski definition) is 3. The lowest BCUT2D eigenvalue weighted by atomic mass is 9.95. The molecule has 0 saturated carbocycles. The van der Waals surface area contributed by atoms with Gasteiger partial charge in [0.1, 0.15) is 12.6 Å². The lowest BCUT2D eigenvalue weighted by Crippen LogP contribution is -2.51. The van der Waals surface area contributed by atoms with Crippen LogP contribution in [-0.4, -0.2) is 48.7 Å². The van der Waals surface area contributed by atoms with E-state index in [1.54, 1.807) is 7.11 Å². The fourth-order valence-corrected chi connectivity index (χ4v) is 4.70. The third-order valence-electron chi connectivity index (χ3n) is 6.60. The standard InChI is InChI=1S/C27H33N3O4/c1-18(25(33-2)23-13-8-14-28-23)26(31)30-24(27(32)34-17-19-9-4-3-5-10-19)15-20-16-29-22-12-7-6-11-21(20)22/h3-7,9-12,16,18,23-25,28-29H,8,13-15,17H2,1-2H3,(H,30,31)/t18-,23+,24+,25-/m1/s1. The zero-order valence-corrected chi connectivity index (χ0v) is 19.8. The van der Waals surface area contributed by atoms with Crippen molar-refractivity contribution in [1.82, 2.24) is 15.6 Å². The number of para-hydroxylation sites is 1. The summed E-state index contributed by atoms with van der Waals surface area (Å²) in [5, 5.41) is 7.40. The third-order valence-corrected chi connectivity index (χ3v) is 6.60. The van der Waals surface area contributed by atoms with Crippen LogP contribution >= 0.6 is 0 Å². The maximum atomic E-state index is 13.2. The number of methoxy groups -OCH3 is 1. The van der Waals surface area contributed by atoms with E-state index >= 15 is 0 Å². The van der Waals surface area contributed by atoms with Crippen LogP contribution in [0, 0.1) is 5.92 Å². The Morgan fingerprint density at radius 1 is 1.12 bits per heavy atom. The molecule has 4 atom stereocenters. The van der Waals surface area contributed by atoms with Crippen molar-refractivity contribution in [2.24, 2.45) is 5.92 Å². The maximum absolute atomic E-state index is 13.2. The van der Waals surface area contributed by atoms with Gasteiger partial charge in [-0.05, 0) is 36.6 Å². The second-order valence-electron chi connectivity index (χ2n) is 8.91. The molecule has 3 N–H and O–H groups in total. The first-order valence-corrected chi connectivity index (χ1v) is 11.9. The first-order valence-electron chi connectivity index (χ1n) is 11.9. The van der Waals surface area contributed by atoms with Crippen LogP contribution in [0.25, 0.3) is 10.9 Å². The van der Waals surface area contributed by atoms with E-state index < -0.39 is 17.9 Å². The van der Waals surface area contributed by atoms with Crippen LogP contribution in [0.4, 0.5) is 0 Å². The number of carbonyl (C=O) groups is 2. The summed E-state index contributed by atoms with van der Waals surface area (Å²) >= 11 is 0. The fraction of sp³-hybridized carbons (Fsp3) is 0.407. The van der Waals surface area contributed by atoms with E-state index in [9.17, 15) is 9.59 Å². The number of amides is 1. The van der Waals surface area contributed by atoms with Crippen molar-refractivity contribution in [3.8, 4) is 0 Å². The Bertz CT molecular complexity index is 1090. The molecule has 3 aromatic rings. The zero-order chi connectivity index (χ0) is 23.9. The molecule has 180 valence electrons. The number of carbonyl (C=O) groups excluding carboxylic acids is 2. The molecule has 1 amide bonds. The Labute approximate surface area is 200 Å². The summed E-state index contributed by atoms with van der Waals surface area (Å²) in [6.07, 6.45) is 3.98. The summed E-state index contributed by atoms with van der Waals surface area (Å²) in [5.74, 6) is -1.10. The third kappa shape index (κ3) is 5.66. The molecule has 0 spiro atoms. The number of H-pyrrole nitrogens is 1. The van der Waals surface area contributed by atoms with Crippen molar-refractivity contribution < 1.29 is 19.1 Å². The monoisotopic (exact) mass is 463 g/mol. The van der Waals surface area contributed by atoms with E-state index in [1.165, 1.54) is 0 Å². The van der Waals surface area contributed by atoms with Crippen LogP contribution in [0.3, 0.4) is 0 Å². The van der Waals surface area contributed by atoms with Gasteiger partial charge in [-0.3, -0.25) is 4.79 Å². The van der Waals surface area contributed by atoms with Gasteiger partial charge in [-0.25, -0.2) is 4.79 Å². The molecule has 1 saturated heterocycles. The molecule has 1 aromatic heterocycles. The van der Waals surface area contributed by atoms with Crippen LogP contribution in [0.2, 0.25) is 0 Å². The first kappa shape index (κ1) is 24.0. The minimum atomic E-state index is -0.813. The van der Waals surface area contributed by atoms with Gasteiger partial charge >= 0.3 is 5.97 Å². The molecular weight excluding hydrogens is 430 g/mol. The lowest BCUT2D eigenvalue weighted by molar-refractivity contribution is -0.150. The van der Waals surface area contributed by atoms with Crippen molar-refractivity contribution in [2.75, 3.05) is 13.7 Å². The Balaban J connectivity index is 1.49. The van der Waals surface area contributed by atoms with Crippen molar-refractivity contribution in [3.05, 3.63) is 71.9 Å². The largest absolute Gasteiger partial charge is 0.459 e. The van der Waals surface area contributed by atoms with Gasteiger partial charge in [0, 0.05) is 36.7 Å². The molecule has 0 radical (unpaired) electrons. The molecule has 2 aromatic carbocycles. The van der Waals surface area contributed by atoms with Gasteiger partial charge in [0.2, 0.25) is 5.91 Å². The summed E-state index contributed by atoms with van der Waals surface area (Å²) in [6.45, 7) is 2.93. The Morgan fingerprint density at radius 3 is 2.62 bits per heavy atom. The molecule has 1 aliphatic heterocycles. The summed E-state index contributed by atoms with van der Waals surface area (Å²) in [6, 6.07) is 16.7. The quantitative estimate of drug-likeness (QED) is 0.401. The van der Waals surface area contributed by atoms with Gasteiger partial charge in [-0.1, -0.05) is 55.5 Å². The highest BCUT2D eigenvalue weighted by molar-refractivity contribution is 5.88. The van der Waals surface area contributed by atoms with E-state index in [4.69, 9.17) is 9.47 Å². The Morgan fingerprint density at radius 2 is 1.88 bits per heavy atom. The molecule has 2 heterocycles. The average molecular weight is 464 g/mol. The second-order valence-corrected chi connectivity index (χ2v) is 8.91. The number of aromatic nitrogens is 1. The van der Waals surface area contributed by atoms with E-state index in [0.29, 0.717) is 6.42 Å². The predicted molar refractivity (Wildman–Crippen MR) is 131 cm³/mol. The molecule has 0 unspecified atom stereocenters. The van der Waals surface area contributed by atoms with Crippen LogP contribution in [0.1, 0.15) is 30.9 Å². The predicted octanol–water partition coefficient (Wildman–Crippen LogP) is 3.34. The summed E-state index contributed by atoms with van der Waals surface area (Å²) < 4.78 is 11.3. The second kappa shape index (κ2) is 11.3. The number of rotatable bonds is 10. The normalized spacial score (nSPS) is 18.4. The summed E-state index contributed by atoms with van der Waals surface area (Å²) in [4.78, 5) is 29.6. The summed E-state index contributed by atoms with van der Waals surface area (Å²) in [5.41, 5.74) is 2.83. The van der Waals surface area contributed by atoms with Gasteiger partial charge in [0.05, 0.1) is 12.0 Å².